The topological polar surface area (TPSA) is 80.9 Å². The van der Waals surface area contributed by atoms with Crippen LogP contribution in [0.15, 0.2) is 58.9 Å². The lowest BCUT2D eigenvalue weighted by Crippen LogP contribution is -2.22. The van der Waals surface area contributed by atoms with E-state index in [-0.39, 0.29) is 11.2 Å². The van der Waals surface area contributed by atoms with Crippen molar-refractivity contribution in [1.82, 2.24) is 10.2 Å². The van der Waals surface area contributed by atoms with Gasteiger partial charge < -0.3 is 11.1 Å². The quantitative estimate of drug-likeness (QED) is 0.678. The van der Waals surface area contributed by atoms with Crippen molar-refractivity contribution in [2.24, 2.45) is 0 Å². The van der Waals surface area contributed by atoms with Crippen LogP contribution in [0.3, 0.4) is 0 Å². The Morgan fingerprint density at radius 2 is 1.83 bits per heavy atom. The summed E-state index contributed by atoms with van der Waals surface area (Å²) in [5, 5.41) is 10.8. The molecule has 1 amide bonds. The number of nitrogen functional groups attached to an aromatic ring is 1. The second-order valence-electron chi connectivity index (χ2n) is 5.07. The Hall–Kier alpha value is -2.38. The molecule has 1 atom stereocenters. The van der Waals surface area contributed by atoms with E-state index in [4.69, 9.17) is 5.73 Å². The van der Waals surface area contributed by atoms with Crippen molar-refractivity contribution in [3.05, 3.63) is 54.6 Å². The molecule has 1 aromatic heterocycles. The number of amides is 1. The van der Waals surface area contributed by atoms with Gasteiger partial charge >= 0.3 is 0 Å². The predicted octanol–water partition coefficient (Wildman–Crippen LogP) is 3.91. The zero-order chi connectivity index (χ0) is 16.9. The zero-order valence-corrected chi connectivity index (χ0v) is 14.6. The Balaban J connectivity index is 1.75. The number of nitrogens with one attached hydrogen (secondary N) is 1. The van der Waals surface area contributed by atoms with Gasteiger partial charge in [-0.3, -0.25) is 4.79 Å². The lowest BCUT2D eigenvalue weighted by atomic mass is 10.0. The second-order valence-corrected chi connectivity index (χ2v) is 7.66. The lowest BCUT2D eigenvalue weighted by Gasteiger charge is -2.14. The van der Waals surface area contributed by atoms with E-state index >= 15 is 0 Å². The van der Waals surface area contributed by atoms with Gasteiger partial charge in [0.05, 0.1) is 5.25 Å². The zero-order valence-electron chi connectivity index (χ0n) is 13.0. The minimum Gasteiger partial charge on any atom is -0.374 e. The van der Waals surface area contributed by atoms with Crippen LogP contribution in [0.25, 0.3) is 11.1 Å². The maximum atomic E-state index is 12.5. The van der Waals surface area contributed by atoms with E-state index in [1.54, 1.807) is 0 Å². The van der Waals surface area contributed by atoms with Crippen molar-refractivity contribution >= 4 is 39.8 Å². The third-order valence-electron chi connectivity index (χ3n) is 3.34. The van der Waals surface area contributed by atoms with Gasteiger partial charge in [-0.15, -0.1) is 10.2 Å². The SMILES string of the molecule is CC(Sc1nnc(N)s1)C(=O)Nc1ccccc1-c1ccccc1. The first-order chi connectivity index (χ1) is 11.6. The summed E-state index contributed by atoms with van der Waals surface area (Å²) in [5.74, 6) is -0.0860. The molecule has 3 aromatic rings. The van der Waals surface area contributed by atoms with Gasteiger partial charge in [-0.05, 0) is 18.6 Å². The van der Waals surface area contributed by atoms with Crippen molar-refractivity contribution in [2.45, 2.75) is 16.5 Å². The van der Waals surface area contributed by atoms with Crippen LogP contribution in [-0.2, 0) is 4.79 Å². The fraction of sp³-hybridized carbons (Fsp3) is 0.118. The molecule has 24 heavy (non-hydrogen) atoms. The maximum Gasteiger partial charge on any atom is 0.237 e. The van der Waals surface area contributed by atoms with Crippen LogP contribution in [-0.4, -0.2) is 21.4 Å². The van der Waals surface area contributed by atoms with Crippen molar-refractivity contribution in [3.63, 3.8) is 0 Å². The van der Waals surface area contributed by atoms with Gasteiger partial charge in [0, 0.05) is 11.3 Å². The standard InChI is InChI=1S/C17H16N4OS2/c1-11(23-17-21-20-16(18)24-17)15(22)19-14-10-6-5-9-13(14)12-7-3-2-4-8-12/h2-11H,1H3,(H2,18,20)(H,19,22). The maximum absolute atomic E-state index is 12.5. The number of hydrogen-bond acceptors (Lipinski definition) is 6. The summed E-state index contributed by atoms with van der Waals surface area (Å²) in [5.41, 5.74) is 8.41. The summed E-state index contributed by atoms with van der Waals surface area (Å²) in [7, 11) is 0. The van der Waals surface area contributed by atoms with Crippen LogP contribution >= 0.6 is 23.1 Å². The smallest absolute Gasteiger partial charge is 0.237 e. The van der Waals surface area contributed by atoms with E-state index in [1.165, 1.54) is 23.1 Å². The van der Waals surface area contributed by atoms with Gasteiger partial charge in [0.25, 0.3) is 0 Å². The molecule has 0 saturated heterocycles. The number of thioether (sulfide) groups is 1. The number of hydrogen-bond donors (Lipinski definition) is 2. The second kappa shape index (κ2) is 7.46. The summed E-state index contributed by atoms with van der Waals surface area (Å²) in [4.78, 5) is 12.5. The minimum absolute atomic E-state index is 0.0860. The molecule has 122 valence electrons. The summed E-state index contributed by atoms with van der Waals surface area (Å²) in [6.07, 6.45) is 0. The number of rotatable bonds is 5. The Morgan fingerprint density at radius 3 is 2.54 bits per heavy atom. The molecule has 3 N–H and O–H groups in total. The normalized spacial score (nSPS) is 11.9. The minimum atomic E-state index is -0.304. The molecule has 1 unspecified atom stereocenters. The van der Waals surface area contributed by atoms with Crippen LogP contribution in [0.1, 0.15) is 6.92 Å². The van der Waals surface area contributed by atoms with Crippen LogP contribution < -0.4 is 11.1 Å². The number of anilines is 2. The highest BCUT2D eigenvalue weighted by molar-refractivity contribution is 8.02. The number of para-hydroxylation sites is 1. The van der Waals surface area contributed by atoms with Gasteiger partial charge in [-0.1, -0.05) is 71.6 Å². The number of carbonyl (C=O) groups is 1. The molecule has 0 bridgehead atoms. The lowest BCUT2D eigenvalue weighted by molar-refractivity contribution is -0.115. The highest BCUT2D eigenvalue weighted by Gasteiger charge is 2.18. The van der Waals surface area contributed by atoms with Crippen LogP contribution in [0.2, 0.25) is 0 Å². The molecule has 0 radical (unpaired) electrons. The van der Waals surface area contributed by atoms with Crippen LogP contribution in [0.4, 0.5) is 10.8 Å². The van der Waals surface area contributed by atoms with Gasteiger partial charge in [0.1, 0.15) is 0 Å². The predicted molar refractivity (Wildman–Crippen MR) is 100 cm³/mol. The third kappa shape index (κ3) is 3.93. The van der Waals surface area contributed by atoms with Gasteiger partial charge in [0.2, 0.25) is 11.0 Å². The third-order valence-corrected chi connectivity index (χ3v) is 5.28. The van der Waals surface area contributed by atoms with E-state index in [1.807, 2.05) is 61.5 Å². The van der Waals surface area contributed by atoms with E-state index in [0.29, 0.717) is 9.47 Å². The number of nitrogens with two attached hydrogens (primary N) is 1. The molecule has 1 heterocycles. The summed E-state index contributed by atoms with van der Waals surface area (Å²) in [6.45, 7) is 1.84. The van der Waals surface area contributed by atoms with Gasteiger partial charge in [-0.25, -0.2) is 0 Å². The molecular weight excluding hydrogens is 340 g/mol. The molecule has 0 aliphatic carbocycles. The van der Waals surface area contributed by atoms with E-state index < -0.39 is 0 Å². The molecule has 0 saturated carbocycles. The molecule has 0 spiro atoms. The van der Waals surface area contributed by atoms with Gasteiger partial charge in [0.15, 0.2) is 4.34 Å². The summed E-state index contributed by atoms with van der Waals surface area (Å²) < 4.78 is 0.687. The summed E-state index contributed by atoms with van der Waals surface area (Å²) >= 11 is 2.62. The van der Waals surface area contributed by atoms with E-state index in [9.17, 15) is 4.79 Å². The number of benzene rings is 2. The first-order valence-corrected chi connectivity index (χ1v) is 9.04. The van der Waals surface area contributed by atoms with Crippen LogP contribution in [0.5, 0.6) is 0 Å². The average molecular weight is 356 g/mol. The highest BCUT2D eigenvalue weighted by Crippen LogP contribution is 2.30. The fourth-order valence-corrected chi connectivity index (χ4v) is 3.95. The first kappa shape index (κ1) is 16.5. The average Bonchev–Trinajstić information content (AvgIpc) is 3.01. The Morgan fingerprint density at radius 1 is 1.12 bits per heavy atom. The monoisotopic (exact) mass is 356 g/mol. The molecule has 5 nitrogen and oxygen atoms in total. The van der Waals surface area contributed by atoms with Crippen molar-refractivity contribution in [1.29, 1.82) is 0 Å². The molecule has 0 aliphatic heterocycles. The van der Waals surface area contributed by atoms with Crippen molar-refractivity contribution in [2.75, 3.05) is 11.1 Å². The fourth-order valence-electron chi connectivity index (χ4n) is 2.17. The number of aromatic nitrogens is 2. The number of nitrogens with zero attached hydrogens (tertiary/aromatic N) is 2. The molecule has 0 aliphatic rings. The molecular formula is C17H16N4OS2. The largest absolute Gasteiger partial charge is 0.374 e. The molecule has 0 fully saturated rings. The van der Waals surface area contributed by atoms with Crippen molar-refractivity contribution < 1.29 is 4.79 Å². The Bertz CT molecular complexity index is 835. The molecule has 3 rings (SSSR count). The van der Waals surface area contributed by atoms with Crippen molar-refractivity contribution in [3.8, 4) is 11.1 Å². The highest BCUT2D eigenvalue weighted by atomic mass is 32.2. The van der Waals surface area contributed by atoms with Gasteiger partial charge in [-0.2, -0.15) is 0 Å². The Kier molecular flexibility index (Phi) is 5.12. The van der Waals surface area contributed by atoms with E-state index in [0.717, 1.165) is 16.8 Å². The number of carbonyl (C=O) groups excluding carboxylic acids is 1. The molecule has 2 aromatic carbocycles. The Labute approximate surface area is 148 Å². The first-order valence-electron chi connectivity index (χ1n) is 7.34. The van der Waals surface area contributed by atoms with Crippen LogP contribution in [0, 0.1) is 0 Å². The summed E-state index contributed by atoms with van der Waals surface area (Å²) in [6, 6.07) is 17.7. The molecule has 7 heteroatoms. The van der Waals surface area contributed by atoms with E-state index in [2.05, 4.69) is 15.5 Å².